The van der Waals surface area contributed by atoms with Crippen LogP contribution in [0.3, 0.4) is 0 Å². The Kier molecular flexibility index (Phi) is 9.26. The van der Waals surface area contributed by atoms with E-state index in [1.807, 2.05) is 24.3 Å². The summed E-state index contributed by atoms with van der Waals surface area (Å²) < 4.78 is 38.8. The van der Waals surface area contributed by atoms with Gasteiger partial charge in [0.1, 0.15) is 42.5 Å². The van der Waals surface area contributed by atoms with Crippen LogP contribution in [0.25, 0.3) is 32.4 Å². The summed E-state index contributed by atoms with van der Waals surface area (Å²) in [5.41, 5.74) is 14.1. The van der Waals surface area contributed by atoms with Gasteiger partial charge in [-0.3, -0.25) is 13.9 Å². The lowest BCUT2D eigenvalue weighted by Crippen LogP contribution is -2.45. The Labute approximate surface area is 272 Å². The van der Waals surface area contributed by atoms with E-state index in [0.717, 1.165) is 10.9 Å². The summed E-state index contributed by atoms with van der Waals surface area (Å²) in [6.45, 7) is 0.452. The molecule has 18 heteroatoms. The first kappa shape index (κ1) is 32.8. The molecule has 3 heterocycles. The molecule has 17 nitrogen and oxygen atoms in total. The molecule has 6 atom stereocenters. The van der Waals surface area contributed by atoms with E-state index in [1.165, 1.54) is 24.1 Å². The maximum absolute atomic E-state index is 14.5. The molecule has 0 aliphatic carbocycles. The summed E-state index contributed by atoms with van der Waals surface area (Å²) in [6, 6.07) is 19.9. The molecular formula is C30H30N9O8P. The minimum Gasteiger partial charge on any atom is -0.460 e. The molecule has 1 aliphatic rings. The lowest BCUT2D eigenvalue weighted by Gasteiger charge is -2.29. The van der Waals surface area contributed by atoms with Gasteiger partial charge in [0, 0.05) is 10.3 Å². The summed E-state index contributed by atoms with van der Waals surface area (Å²) in [5.74, 6) is -0.570. The standard InChI is InChI=1S/C30H30N9O8P/c1-18(29(42)44-14-19-8-3-2-4-9-19)36-48(43,47-22-13-7-11-20-10-5-6-12-21(20)22)45-15-30(37-38-32)25(41)24(40)28(46-30)39-17-35-23-26(31)33-16-34-27(23)39/h2-13,16-18,24-25,28,40-41H,14-15H2,1H3,(H,36,43)(H2,31,33,34)/t18-,24+,25-,28+,30+,48?/m0/s1. The number of fused-ring (bicyclic) bond motifs is 2. The number of nitrogen functional groups attached to an aromatic ring is 1. The lowest BCUT2D eigenvalue weighted by molar-refractivity contribution is -0.146. The second-order valence-corrected chi connectivity index (χ2v) is 12.5. The van der Waals surface area contributed by atoms with Crippen LogP contribution in [0, 0.1) is 0 Å². The zero-order chi connectivity index (χ0) is 33.9. The van der Waals surface area contributed by atoms with Crippen LogP contribution in [0.15, 0.2) is 90.6 Å². The minimum absolute atomic E-state index is 0.0418. The van der Waals surface area contributed by atoms with Crippen LogP contribution >= 0.6 is 7.75 Å². The van der Waals surface area contributed by atoms with Crippen molar-refractivity contribution >= 4 is 41.5 Å². The smallest absolute Gasteiger partial charge is 0.459 e. The minimum atomic E-state index is -4.60. The fourth-order valence-electron chi connectivity index (χ4n) is 5.17. The van der Waals surface area contributed by atoms with Crippen LogP contribution in [-0.4, -0.2) is 66.3 Å². The zero-order valence-corrected chi connectivity index (χ0v) is 26.2. The van der Waals surface area contributed by atoms with E-state index in [4.69, 9.17) is 24.3 Å². The predicted molar refractivity (Wildman–Crippen MR) is 171 cm³/mol. The third-order valence-corrected chi connectivity index (χ3v) is 9.23. The van der Waals surface area contributed by atoms with Crippen molar-refractivity contribution < 1.29 is 38.1 Å². The first-order chi connectivity index (χ1) is 23.1. The number of nitrogens with one attached hydrogen (secondary N) is 1. The number of aliphatic hydroxyl groups is 2. The number of hydrogen-bond acceptors (Lipinski definition) is 13. The van der Waals surface area contributed by atoms with Gasteiger partial charge in [0.2, 0.25) is 5.72 Å². The Morgan fingerprint density at radius 1 is 1.15 bits per heavy atom. The third kappa shape index (κ3) is 6.52. The van der Waals surface area contributed by atoms with E-state index < -0.39 is 50.5 Å². The Bertz CT molecular complexity index is 2040. The number of ether oxygens (including phenoxy) is 2. The molecule has 248 valence electrons. The topological polar surface area (TPSA) is 242 Å². The quantitative estimate of drug-likeness (QED) is 0.0485. The molecule has 0 bridgehead atoms. The fraction of sp³-hybridized carbons (Fsp3) is 0.267. The summed E-state index contributed by atoms with van der Waals surface area (Å²) >= 11 is 0. The van der Waals surface area contributed by atoms with Gasteiger partial charge in [-0.2, -0.15) is 5.09 Å². The highest BCUT2D eigenvalue weighted by Gasteiger charge is 2.56. The molecule has 6 rings (SSSR count). The van der Waals surface area contributed by atoms with Crippen LogP contribution in [0.1, 0.15) is 18.7 Å². The largest absolute Gasteiger partial charge is 0.460 e. The molecule has 0 amide bonds. The van der Waals surface area contributed by atoms with E-state index in [9.17, 15) is 25.1 Å². The number of carbonyl (C=O) groups is 1. The van der Waals surface area contributed by atoms with Crippen molar-refractivity contribution in [2.24, 2.45) is 5.11 Å². The lowest BCUT2D eigenvalue weighted by atomic mass is 10.1. The number of nitrogens with zero attached hydrogens (tertiary/aromatic N) is 7. The van der Waals surface area contributed by atoms with Crippen molar-refractivity contribution in [3.05, 3.63) is 101 Å². The number of aromatic nitrogens is 4. The van der Waals surface area contributed by atoms with Gasteiger partial charge in [-0.15, -0.1) is 0 Å². The molecule has 1 fully saturated rings. The van der Waals surface area contributed by atoms with Crippen LogP contribution in [0.4, 0.5) is 5.82 Å². The van der Waals surface area contributed by atoms with Gasteiger partial charge < -0.3 is 29.9 Å². The van der Waals surface area contributed by atoms with E-state index in [1.54, 1.807) is 48.5 Å². The molecule has 1 saturated heterocycles. The molecule has 5 N–H and O–H groups in total. The number of hydrogen-bond donors (Lipinski definition) is 4. The van der Waals surface area contributed by atoms with E-state index in [2.05, 4.69) is 30.1 Å². The van der Waals surface area contributed by atoms with Crippen molar-refractivity contribution in [2.45, 2.75) is 43.7 Å². The third-order valence-electron chi connectivity index (χ3n) is 7.62. The highest BCUT2D eigenvalue weighted by atomic mass is 31.2. The maximum Gasteiger partial charge on any atom is 0.459 e. The molecule has 5 aromatic rings. The molecular weight excluding hydrogens is 645 g/mol. The van der Waals surface area contributed by atoms with Gasteiger partial charge in [-0.05, 0) is 29.5 Å². The first-order valence-corrected chi connectivity index (χ1v) is 16.1. The Morgan fingerprint density at radius 3 is 2.69 bits per heavy atom. The maximum atomic E-state index is 14.5. The Balaban J connectivity index is 1.28. The number of imidazole rings is 1. The van der Waals surface area contributed by atoms with E-state index in [-0.39, 0.29) is 29.3 Å². The van der Waals surface area contributed by atoms with E-state index in [0.29, 0.717) is 5.39 Å². The molecule has 0 spiro atoms. The highest BCUT2D eigenvalue weighted by Crippen LogP contribution is 2.49. The predicted octanol–water partition coefficient (Wildman–Crippen LogP) is 3.74. The zero-order valence-electron chi connectivity index (χ0n) is 25.3. The van der Waals surface area contributed by atoms with Crippen molar-refractivity contribution in [1.29, 1.82) is 0 Å². The van der Waals surface area contributed by atoms with Crippen LogP contribution in [0.5, 0.6) is 5.75 Å². The second-order valence-electron chi connectivity index (χ2n) is 10.8. The molecule has 0 saturated carbocycles. The normalized spacial score (nSPS) is 22.5. The van der Waals surface area contributed by atoms with Gasteiger partial charge in [0.25, 0.3) is 0 Å². The second kappa shape index (κ2) is 13.5. The number of aliphatic hydroxyl groups excluding tert-OH is 2. The molecule has 48 heavy (non-hydrogen) atoms. The number of nitrogens with two attached hydrogens (primary N) is 1. The molecule has 2 aromatic heterocycles. The van der Waals surface area contributed by atoms with Gasteiger partial charge in [0.05, 0.1) is 12.9 Å². The van der Waals surface area contributed by atoms with Gasteiger partial charge in [0.15, 0.2) is 17.7 Å². The Morgan fingerprint density at radius 2 is 1.90 bits per heavy atom. The number of carbonyl (C=O) groups excluding carboxylic acids is 1. The number of anilines is 1. The van der Waals surface area contributed by atoms with Gasteiger partial charge in [-0.1, -0.05) is 71.8 Å². The van der Waals surface area contributed by atoms with E-state index >= 15 is 0 Å². The molecule has 0 radical (unpaired) electrons. The molecule has 1 aliphatic heterocycles. The molecule has 3 aromatic carbocycles. The number of benzene rings is 3. The summed E-state index contributed by atoms with van der Waals surface area (Å²) in [4.78, 5) is 27.9. The number of rotatable bonds is 12. The fourth-order valence-corrected chi connectivity index (χ4v) is 6.70. The Hall–Kier alpha value is -5.12. The highest BCUT2D eigenvalue weighted by molar-refractivity contribution is 7.52. The average molecular weight is 676 g/mol. The SMILES string of the molecule is C[C@H](NP(=O)(OC[C@@]1(N=[N+]=[N-])O[C@@H](n2cnc3c(N)ncnc32)[C@H](O)[C@@H]1O)Oc1cccc2ccccc12)C(=O)OCc1ccccc1. The number of azide groups is 1. The van der Waals surface area contributed by atoms with Gasteiger partial charge >= 0.3 is 13.7 Å². The van der Waals surface area contributed by atoms with Crippen molar-refractivity contribution in [2.75, 3.05) is 12.3 Å². The first-order valence-electron chi connectivity index (χ1n) is 14.6. The van der Waals surface area contributed by atoms with Crippen molar-refractivity contribution in [1.82, 2.24) is 24.6 Å². The van der Waals surface area contributed by atoms with Crippen molar-refractivity contribution in [3.8, 4) is 5.75 Å². The monoisotopic (exact) mass is 675 g/mol. The number of esters is 1. The average Bonchev–Trinajstić information content (AvgIpc) is 3.63. The van der Waals surface area contributed by atoms with Crippen LogP contribution in [0.2, 0.25) is 0 Å². The van der Waals surface area contributed by atoms with Crippen LogP contribution < -0.4 is 15.3 Å². The molecule has 1 unspecified atom stereocenters. The summed E-state index contributed by atoms with van der Waals surface area (Å²) in [6.07, 6.45) is -2.61. The summed E-state index contributed by atoms with van der Waals surface area (Å²) in [5, 5.41) is 29.8. The van der Waals surface area contributed by atoms with Crippen molar-refractivity contribution in [3.63, 3.8) is 0 Å². The summed E-state index contributed by atoms with van der Waals surface area (Å²) in [7, 11) is -4.60. The van der Waals surface area contributed by atoms with Gasteiger partial charge in [-0.25, -0.2) is 19.5 Å². The van der Waals surface area contributed by atoms with Crippen LogP contribution in [-0.2, 0) is 30.0 Å².